The summed E-state index contributed by atoms with van der Waals surface area (Å²) < 4.78 is 7.95. The van der Waals surface area contributed by atoms with E-state index in [0.717, 1.165) is 21.2 Å². The van der Waals surface area contributed by atoms with Crippen LogP contribution in [-0.2, 0) is 0 Å². The summed E-state index contributed by atoms with van der Waals surface area (Å²) in [6.45, 7) is 0. The van der Waals surface area contributed by atoms with Crippen LogP contribution in [0.5, 0.6) is 0 Å². The van der Waals surface area contributed by atoms with E-state index in [4.69, 9.17) is 4.42 Å². The molecular formula is C34H26B5BrO. The number of rotatable bonds is 3. The molecule has 0 saturated carbocycles. The standard InChI is InChI=1S/C34H26B5BrO/c35-29-28(30(36)32(38)33(39)31(29)37)34-27(23-11-5-6-12-24(23)41-34)26-21-9-3-1-7-19(21)25(17-13-15-18(40)16-14-17)20-8-2-4-10-22(20)26/h1-16H,35-39H2. The molecule has 1 heterocycles. The Bertz CT molecular complexity index is 2080. The molecule has 0 amide bonds. The average molecular weight is 585 g/mol. The molecular weight excluding hydrogens is 558 g/mol. The molecule has 0 unspecified atom stereocenters. The van der Waals surface area contributed by atoms with Crippen LogP contribution in [0, 0.1) is 0 Å². The van der Waals surface area contributed by atoms with Gasteiger partial charge in [-0.15, -0.1) is 16.4 Å². The second kappa shape index (κ2) is 9.92. The van der Waals surface area contributed by atoms with Crippen LogP contribution in [0.4, 0.5) is 0 Å². The average Bonchev–Trinajstić information content (AvgIpc) is 3.37. The van der Waals surface area contributed by atoms with Crippen molar-refractivity contribution in [3.63, 3.8) is 0 Å². The molecule has 6 aromatic carbocycles. The first-order valence-corrected chi connectivity index (χ1v) is 14.9. The summed E-state index contributed by atoms with van der Waals surface area (Å²) in [5, 5.41) is 6.08. The lowest BCUT2D eigenvalue weighted by molar-refractivity contribution is 0.633. The fourth-order valence-corrected chi connectivity index (χ4v) is 6.90. The summed E-state index contributed by atoms with van der Waals surface area (Å²) in [7, 11) is 11.2. The molecule has 1 aromatic heterocycles. The quantitative estimate of drug-likeness (QED) is 0.228. The van der Waals surface area contributed by atoms with Crippen LogP contribution in [0.2, 0.25) is 0 Å². The SMILES string of the molecule is Bc1c(B)c(B)c(-c2oc3ccccc3c2-c2c3ccccc3c(-c3ccc(Br)cc3)c3ccccc23)c(B)c1B. The second-order valence-corrected chi connectivity index (χ2v) is 12.1. The number of furan rings is 1. The summed E-state index contributed by atoms with van der Waals surface area (Å²) >= 11 is 3.62. The zero-order valence-corrected chi connectivity index (χ0v) is 25.6. The molecule has 1 nitrogen and oxygen atoms in total. The third kappa shape index (κ3) is 3.97. The number of benzene rings is 6. The summed E-state index contributed by atoms with van der Waals surface area (Å²) in [6, 6.07) is 34.9. The molecule has 0 atom stereocenters. The zero-order chi connectivity index (χ0) is 28.4. The van der Waals surface area contributed by atoms with E-state index in [-0.39, 0.29) is 0 Å². The number of hydrogen-bond donors (Lipinski definition) is 0. The van der Waals surface area contributed by atoms with Gasteiger partial charge in [-0.2, -0.15) is 0 Å². The highest BCUT2D eigenvalue weighted by Crippen LogP contribution is 2.48. The maximum absolute atomic E-state index is 6.87. The van der Waals surface area contributed by atoms with Gasteiger partial charge >= 0.3 is 0 Å². The van der Waals surface area contributed by atoms with Gasteiger partial charge in [0.1, 0.15) is 50.6 Å². The van der Waals surface area contributed by atoms with E-state index < -0.39 is 0 Å². The highest BCUT2D eigenvalue weighted by atomic mass is 79.9. The topological polar surface area (TPSA) is 13.1 Å². The number of fused-ring (bicyclic) bond motifs is 3. The van der Waals surface area contributed by atoms with Gasteiger partial charge in [0.05, 0.1) is 0 Å². The molecule has 7 heteroatoms. The molecule has 7 rings (SSSR count). The highest BCUT2D eigenvalue weighted by Gasteiger charge is 2.26. The van der Waals surface area contributed by atoms with E-state index in [1.807, 2.05) is 0 Å². The summed E-state index contributed by atoms with van der Waals surface area (Å²) in [6.07, 6.45) is 0. The predicted octanol–water partition coefficient (Wildman–Crippen LogP) is 1.79. The van der Waals surface area contributed by atoms with Gasteiger partial charge in [0, 0.05) is 26.5 Å². The Labute approximate surface area is 253 Å². The van der Waals surface area contributed by atoms with Crippen LogP contribution in [0.1, 0.15) is 0 Å². The Kier molecular flexibility index (Phi) is 6.32. The lowest BCUT2D eigenvalue weighted by Gasteiger charge is -2.21. The van der Waals surface area contributed by atoms with E-state index in [0.29, 0.717) is 0 Å². The second-order valence-electron chi connectivity index (χ2n) is 11.2. The van der Waals surface area contributed by atoms with Gasteiger partial charge in [-0.05, 0) is 50.9 Å². The maximum Gasteiger partial charge on any atom is 0.142 e. The molecule has 0 N–H and O–H groups in total. The molecule has 0 radical (unpaired) electrons. The van der Waals surface area contributed by atoms with Crippen LogP contribution < -0.4 is 27.3 Å². The van der Waals surface area contributed by atoms with Gasteiger partial charge < -0.3 is 4.42 Å². The number of hydrogen-bond acceptors (Lipinski definition) is 1. The largest absolute Gasteiger partial charge is 0.455 e. The lowest BCUT2D eigenvalue weighted by atomic mass is 9.60. The van der Waals surface area contributed by atoms with Crippen molar-refractivity contribution in [1.82, 2.24) is 0 Å². The van der Waals surface area contributed by atoms with E-state index in [9.17, 15) is 0 Å². The Hall–Kier alpha value is -3.82. The fraction of sp³-hybridized carbons (Fsp3) is 0. The van der Waals surface area contributed by atoms with Gasteiger partial charge in [-0.1, -0.05) is 106 Å². The Morgan fingerprint density at radius 3 is 1.39 bits per heavy atom. The van der Waals surface area contributed by atoms with Crippen LogP contribution in [0.25, 0.3) is 66.1 Å². The van der Waals surface area contributed by atoms with Crippen LogP contribution >= 0.6 is 15.9 Å². The van der Waals surface area contributed by atoms with Crippen molar-refractivity contribution in [3.8, 4) is 33.6 Å². The number of halogens is 1. The van der Waals surface area contributed by atoms with E-state index >= 15 is 0 Å². The monoisotopic (exact) mass is 584 g/mol. The van der Waals surface area contributed by atoms with Crippen molar-refractivity contribution in [2.24, 2.45) is 0 Å². The first-order chi connectivity index (χ1) is 19.9. The molecule has 0 fully saturated rings. The Balaban J connectivity index is 1.70. The third-order valence-electron chi connectivity index (χ3n) is 9.14. The van der Waals surface area contributed by atoms with Gasteiger partial charge in [0.2, 0.25) is 0 Å². The van der Waals surface area contributed by atoms with E-state index in [1.165, 1.54) is 76.7 Å². The smallest absolute Gasteiger partial charge is 0.142 e. The predicted molar refractivity (Wildman–Crippen MR) is 196 cm³/mol. The summed E-state index contributed by atoms with van der Waals surface area (Å²) in [5.74, 6) is 0.957. The molecule has 190 valence electrons. The van der Waals surface area contributed by atoms with Crippen LogP contribution in [0.3, 0.4) is 0 Å². The van der Waals surface area contributed by atoms with E-state index in [1.54, 1.807) is 0 Å². The zero-order valence-electron chi connectivity index (χ0n) is 24.0. The van der Waals surface area contributed by atoms with Crippen molar-refractivity contribution in [2.75, 3.05) is 0 Å². The van der Waals surface area contributed by atoms with Crippen LogP contribution in [0.15, 0.2) is 106 Å². The first-order valence-electron chi connectivity index (χ1n) is 14.2. The van der Waals surface area contributed by atoms with Crippen molar-refractivity contribution in [3.05, 3.63) is 102 Å². The molecule has 0 saturated heterocycles. The van der Waals surface area contributed by atoms with Crippen molar-refractivity contribution in [1.29, 1.82) is 0 Å². The van der Waals surface area contributed by atoms with Crippen LogP contribution in [-0.4, -0.2) is 39.2 Å². The molecule has 0 bridgehead atoms. The minimum atomic E-state index is 0.914. The molecule has 0 aliphatic rings. The molecule has 0 aliphatic carbocycles. The molecule has 0 spiro atoms. The summed E-state index contributed by atoms with van der Waals surface area (Å²) in [4.78, 5) is 0. The first kappa shape index (κ1) is 26.1. The van der Waals surface area contributed by atoms with Gasteiger partial charge in [0.15, 0.2) is 0 Å². The fourth-order valence-electron chi connectivity index (χ4n) is 6.64. The molecule has 7 aromatic rings. The van der Waals surface area contributed by atoms with Gasteiger partial charge in [-0.3, -0.25) is 0 Å². The molecule has 41 heavy (non-hydrogen) atoms. The summed E-state index contributed by atoms with van der Waals surface area (Å²) in [5.41, 5.74) is 13.6. The van der Waals surface area contributed by atoms with E-state index in [2.05, 4.69) is 152 Å². The lowest BCUT2D eigenvalue weighted by Crippen LogP contribution is -2.55. The Morgan fingerprint density at radius 1 is 0.415 bits per heavy atom. The van der Waals surface area contributed by atoms with Crippen molar-refractivity contribution >= 4 is 115 Å². The maximum atomic E-state index is 6.87. The normalized spacial score (nSPS) is 11.5. The number of para-hydroxylation sites is 1. The van der Waals surface area contributed by atoms with Crippen molar-refractivity contribution < 1.29 is 4.42 Å². The Morgan fingerprint density at radius 2 is 0.854 bits per heavy atom. The van der Waals surface area contributed by atoms with Gasteiger partial charge in [-0.25, -0.2) is 0 Å². The van der Waals surface area contributed by atoms with Gasteiger partial charge in [0.25, 0.3) is 0 Å². The third-order valence-corrected chi connectivity index (χ3v) is 9.67. The van der Waals surface area contributed by atoms with Crippen molar-refractivity contribution in [2.45, 2.75) is 0 Å². The minimum absolute atomic E-state index is 0.914. The molecule has 0 aliphatic heterocycles. The highest BCUT2D eigenvalue weighted by molar-refractivity contribution is 9.10. The minimum Gasteiger partial charge on any atom is -0.455 e.